The Hall–Kier alpha value is -1.89. The number of carbonyl (C=O) groups is 1. The molecule has 2 aliphatic heterocycles. The number of likely N-dealkylation sites (tertiary alicyclic amines) is 1. The van der Waals surface area contributed by atoms with Gasteiger partial charge >= 0.3 is 0 Å². The number of phenols is 1. The van der Waals surface area contributed by atoms with Gasteiger partial charge in [-0.3, -0.25) is 4.79 Å². The number of benzene rings is 1. The molecule has 1 saturated carbocycles. The van der Waals surface area contributed by atoms with Gasteiger partial charge in [0.1, 0.15) is 11.6 Å². The number of piperidine rings is 1. The third-order valence-corrected chi connectivity index (χ3v) is 7.03. The second-order valence-electron chi connectivity index (χ2n) is 7.92. The van der Waals surface area contributed by atoms with Crippen molar-refractivity contribution in [2.45, 2.75) is 48.8 Å². The molecular weight excluding hydrogens is 322 g/mol. The van der Waals surface area contributed by atoms with E-state index in [0.717, 1.165) is 11.1 Å². The summed E-state index contributed by atoms with van der Waals surface area (Å²) in [4.78, 5) is 12.6. The maximum atomic E-state index is 13.5. The van der Waals surface area contributed by atoms with Crippen molar-refractivity contribution in [1.82, 2.24) is 0 Å². The van der Waals surface area contributed by atoms with Gasteiger partial charge in [0.05, 0.1) is 18.5 Å². The zero-order chi connectivity index (χ0) is 17.6. The molecule has 25 heavy (non-hydrogen) atoms. The lowest BCUT2D eigenvalue weighted by Crippen LogP contribution is -2.80. The Bertz CT molecular complexity index is 822. The minimum atomic E-state index is -1.30. The molecule has 2 N–H and O–H groups in total. The Morgan fingerprint density at radius 1 is 1.44 bits per heavy atom. The zero-order valence-electron chi connectivity index (χ0n) is 13.9. The lowest BCUT2D eigenvalue weighted by atomic mass is 9.49. The molecule has 2 unspecified atom stereocenters. The minimum absolute atomic E-state index is 0.00401. The predicted octanol–water partition coefficient (Wildman–Crippen LogP) is 1.31. The average molecular weight is 343 g/mol. The standard InChI is InChI=1S/C19H21NO5/c1-2-8-20(24)9-7-18-15-11-3-4-12(21)16(15)25-17(18)13(22)5-6-19(18,23)14(20)10-11/h2-4,14,17,21,23H,1,5-10H2/t14-,17?,18+,19-,20?/m1/s1. The number of carbonyl (C=O) groups excluding carboxylic acids is 1. The molecule has 1 aromatic rings. The van der Waals surface area contributed by atoms with E-state index < -0.39 is 27.8 Å². The molecule has 2 heterocycles. The molecule has 2 aliphatic carbocycles. The number of ether oxygens (including phenoxy) is 1. The molecule has 5 atom stereocenters. The smallest absolute Gasteiger partial charge is 0.174 e. The Balaban J connectivity index is 1.82. The molecule has 132 valence electrons. The number of nitrogens with zero attached hydrogens (tertiary/aromatic N) is 1. The topological polar surface area (TPSA) is 89.8 Å². The van der Waals surface area contributed by atoms with Gasteiger partial charge in [0.15, 0.2) is 23.4 Å². The van der Waals surface area contributed by atoms with Crippen LogP contribution in [0.25, 0.3) is 0 Å². The summed E-state index contributed by atoms with van der Waals surface area (Å²) in [5, 5.41) is 35.6. The minimum Gasteiger partial charge on any atom is -0.632 e. The first-order valence-electron chi connectivity index (χ1n) is 8.83. The highest BCUT2D eigenvalue weighted by molar-refractivity contribution is 5.90. The third-order valence-electron chi connectivity index (χ3n) is 7.03. The Labute approximate surface area is 145 Å². The summed E-state index contributed by atoms with van der Waals surface area (Å²) in [6, 6.07) is 2.80. The Morgan fingerprint density at radius 2 is 2.24 bits per heavy atom. The molecule has 4 aliphatic rings. The number of aromatic hydroxyl groups is 1. The van der Waals surface area contributed by atoms with E-state index >= 15 is 0 Å². The van der Waals surface area contributed by atoms with Crippen LogP contribution in [0.3, 0.4) is 0 Å². The van der Waals surface area contributed by atoms with Crippen molar-refractivity contribution in [2.24, 2.45) is 0 Å². The fraction of sp³-hybridized carbons (Fsp3) is 0.526. The molecule has 0 amide bonds. The number of hydrogen-bond donors (Lipinski definition) is 2. The zero-order valence-corrected chi connectivity index (χ0v) is 13.9. The van der Waals surface area contributed by atoms with E-state index in [0.29, 0.717) is 25.1 Å². The van der Waals surface area contributed by atoms with Crippen LogP contribution in [-0.2, 0) is 16.6 Å². The van der Waals surface area contributed by atoms with Crippen molar-refractivity contribution in [3.63, 3.8) is 0 Å². The van der Waals surface area contributed by atoms with E-state index in [1.165, 1.54) is 0 Å². The van der Waals surface area contributed by atoms with Crippen LogP contribution in [0.5, 0.6) is 11.5 Å². The summed E-state index contributed by atoms with van der Waals surface area (Å²) in [5.74, 6) is 0.265. The van der Waals surface area contributed by atoms with Gasteiger partial charge in [0.25, 0.3) is 0 Å². The third kappa shape index (κ3) is 1.50. The van der Waals surface area contributed by atoms with Crippen LogP contribution in [0, 0.1) is 5.21 Å². The number of aliphatic hydroxyl groups is 1. The van der Waals surface area contributed by atoms with Crippen molar-refractivity contribution in [3.05, 3.63) is 41.1 Å². The molecule has 1 spiro atoms. The number of rotatable bonds is 2. The Morgan fingerprint density at radius 3 is 3.00 bits per heavy atom. The van der Waals surface area contributed by atoms with Gasteiger partial charge in [-0.1, -0.05) is 12.6 Å². The van der Waals surface area contributed by atoms with Gasteiger partial charge in [-0.25, -0.2) is 0 Å². The fourth-order valence-electron chi connectivity index (χ4n) is 6.02. The van der Waals surface area contributed by atoms with Crippen molar-refractivity contribution in [1.29, 1.82) is 0 Å². The van der Waals surface area contributed by atoms with Crippen molar-refractivity contribution in [3.8, 4) is 11.5 Å². The number of quaternary nitrogens is 1. The van der Waals surface area contributed by atoms with Crippen molar-refractivity contribution >= 4 is 5.78 Å². The number of Topliss-reactive ketones (excluding diaryl/α,β-unsaturated/α-hetero) is 1. The maximum absolute atomic E-state index is 13.5. The van der Waals surface area contributed by atoms with Crippen LogP contribution in [0.2, 0.25) is 0 Å². The SMILES string of the molecule is C=CC[N+]1([O-])CC[C@]23c4c5ccc(O)c4OC2C(=O)CC[C@@]3(O)[C@H]1C5. The highest BCUT2D eigenvalue weighted by atomic mass is 16.6. The van der Waals surface area contributed by atoms with E-state index in [4.69, 9.17) is 4.74 Å². The number of ketones is 1. The highest BCUT2D eigenvalue weighted by Gasteiger charge is 2.75. The largest absolute Gasteiger partial charge is 0.632 e. The van der Waals surface area contributed by atoms with Crippen LogP contribution in [-0.4, -0.2) is 51.5 Å². The summed E-state index contributed by atoms with van der Waals surface area (Å²) in [7, 11) is 0. The quantitative estimate of drug-likeness (QED) is 0.480. The van der Waals surface area contributed by atoms with Gasteiger partial charge in [-0.15, -0.1) is 0 Å². The van der Waals surface area contributed by atoms with Gasteiger partial charge in [-0.05, 0) is 24.1 Å². The summed E-state index contributed by atoms with van der Waals surface area (Å²) in [5.41, 5.74) is -0.557. The van der Waals surface area contributed by atoms with Crippen LogP contribution >= 0.6 is 0 Å². The summed E-state index contributed by atoms with van der Waals surface area (Å²) >= 11 is 0. The number of phenolic OH excluding ortho intramolecular Hbond substituents is 1. The average Bonchev–Trinajstić information content (AvgIpc) is 2.93. The van der Waals surface area contributed by atoms with E-state index in [1.54, 1.807) is 18.2 Å². The highest BCUT2D eigenvalue weighted by Crippen LogP contribution is 2.65. The maximum Gasteiger partial charge on any atom is 0.174 e. The summed E-state index contributed by atoms with van der Waals surface area (Å²) in [6.07, 6.45) is 2.05. The molecule has 2 fully saturated rings. The van der Waals surface area contributed by atoms with E-state index in [1.807, 2.05) is 0 Å². The molecule has 2 bridgehead atoms. The first kappa shape index (κ1) is 15.4. The van der Waals surface area contributed by atoms with Crippen LogP contribution in [0.15, 0.2) is 24.8 Å². The van der Waals surface area contributed by atoms with E-state index in [-0.39, 0.29) is 30.9 Å². The van der Waals surface area contributed by atoms with Crippen LogP contribution < -0.4 is 4.74 Å². The molecule has 0 radical (unpaired) electrons. The van der Waals surface area contributed by atoms with Gasteiger partial charge < -0.3 is 24.8 Å². The summed E-state index contributed by atoms with van der Waals surface area (Å²) in [6.45, 7) is 4.26. The monoisotopic (exact) mass is 343 g/mol. The number of hydrogen-bond acceptors (Lipinski definition) is 5. The van der Waals surface area contributed by atoms with Gasteiger partial charge in [0.2, 0.25) is 0 Å². The lowest BCUT2D eigenvalue weighted by molar-refractivity contribution is -0.917. The second-order valence-corrected chi connectivity index (χ2v) is 7.92. The molecule has 6 heteroatoms. The second kappa shape index (κ2) is 4.44. The normalized spacial score (nSPS) is 43.4. The molecule has 5 rings (SSSR count). The molecule has 0 aromatic heterocycles. The first-order valence-corrected chi connectivity index (χ1v) is 8.83. The van der Waals surface area contributed by atoms with Crippen LogP contribution in [0.4, 0.5) is 0 Å². The Kier molecular flexibility index (Phi) is 2.73. The number of hydroxylamine groups is 3. The summed E-state index contributed by atoms with van der Waals surface area (Å²) < 4.78 is 5.41. The fourth-order valence-corrected chi connectivity index (χ4v) is 6.02. The lowest BCUT2D eigenvalue weighted by Gasteiger charge is -2.66. The van der Waals surface area contributed by atoms with Crippen molar-refractivity contribution < 1.29 is 24.4 Å². The first-order chi connectivity index (χ1) is 11.9. The predicted molar refractivity (Wildman–Crippen MR) is 89.1 cm³/mol. The van der Waals surface area contributed by atoms with E-state index in [9.17, 15) is 20.2 Å². The molecule has 1 saturated heterocycles. The van der Waals surface area contributed by atoms with E-state index in [2.05, 4.69) is 6.58 Å². The van der Waals surface area contributed by atoms with Gasteiger partial charge in [-0.2, -0.15) is 0 Å². The van der Waals surface area contributed by atoms with Gasteiger partial charge in [0, 0.05) is 24.8 Å². The molecule has 6 nitrogen and oxygen atoms in total. The molecule has 1 aromatic carbocycles. The van der Waals surface area contributed by atoms with Crippen molar-refractivity contribution in [2.75, 3.05) is 13.1 Å². The van der Waals surface area contributed by atoms with Crippen LogP contribution in [0.1, 0.15) is 30.4 Å². The molecular formula is C19H21NO5.